The highest BCUT2D eigenvalue weighted by Gasteiger charge is 2.22. The first-order valence-corrected chi connectivity index (χ1v) is 13.3. The first-order chi connectivity index (χ1) is 16.9. The summed E-state index contributed by atoms with van der Waals surface area (Å²) < 4.78 is 6.32. The molecule has 35 heavy (non-hydrogen) atoms. The zero-order valence-corrected chi connectivity index (χ0v) is 22.6. The molecule has 0 fully saturated rings. The highest BCUT2D eigenvalue weighted by Crippen LogP contribution is 2.20. The van der Waals surface area contributed by atoms with Gasteiger partial charge in [0.05, 0.1) is 6.54 Å². The van der Waals surface area contributed by atoms with E-state index in [0.29, 0.717) is 45.0 Å². The Bertz CT molecular complexity index is 1090. The molecular formula is C27H32BrN3O3S. The van der Waals surface area contributed by atoms with Crippen LogP contribution in [0.25, 0.3) is 0 Å². The second-order valence-electron chi connectivity index (χ2n) is 8.16. The summed E-state index contributed by atoms with van der Waals surface area (Å²) in [6.45, 7) is 6.55. The number of benzene rings is 2. The van der Waals surface area contributed by atoms with Crippen molar-refractivity contribution in [2.45, 2.75) is 33.4 Å². The molecule has 0 atom stereocenters. The van der Waals surface area contributed by atoms with Crippen molar-refractivity contribution in [1.82, 2.24) is 9.80 Å². The van der Waals surface area contributed by atoms with Gasteiger partial charge >= 0.3 is 6.03 Å². The lowest BCUT2D eigenvalue weighted by molar-refractivity contribution is -0.133. The third-order valence-electron chi connectivity index (χ3n) is 5.32. The van der Waals surface area contributed by atoms with E-state index in [9.17, 15) is 9.59 Å². The number of hydrogen-bond donors (Lipinski definition) is 1. The molecule has 1 heterocycles. The van der Waals surface area contributed by atoms with Crippen molar-refractivity contribution < 1.29 is 14.3 Å². The first kappa shape index (κ1) is 26.9. The molecule has 3 rings (SSSR count). The van der Waals surface area contributed by atoms with E-state index in [1.54, 1.807) is 16.2 Å². The first-order valence-electron chi connectivity index (χ1n) is 11.7. The average Bonchev–Trinajstić information content (AvgIpc) is 3.25. The fourth-order valence-corrected chi connectivity index (χ4v) is 4.89. The Kier molecular flexibility index (Phi) is 10.8. The van der Waals surface area contributed by atoms with Gasteiger partial charge in [-0.3, -0.25) is 4.79 Å². The van der Waals surface area contributed by atoms with Crippen molar-refractivity contribution >= 4 is 44.9 Å². The summed E-state index contributed by atoms with van der Waals surface area (Å²) in [6, 6.07) is 21.2. The minimum atomic E-state index is -0.306. The molecule has 3 aromatic rings. The van der Waals surface area contributed by atoms with E-state index in [-0.39, 0.29) is 18.5 Å². The van der Waals surface area contributed by atoms with Crippen LogP contribution in [0.4, 0.5) is 10.5 Å². The molecule has 3 amide bonds. The highest BCUT2D eigenvalue weighted by molar-refractivity contribution is 9.10. The van der Waals surface area contributed by atoms with Gasteiger partial charge in [0.1, 0.15) is 6.54 Å². The maximum atomic E-state index is 13.5. The van der Waals surface area contributed by atoms with Gasteiger partial charge in [-0.05, 0) is 56.2 Å². The third kappa shape index (κ3) is 9.12. The Morgan fingerprint density at radius 2 is 1.80 bits per heavy atom. The lowest BCUT2D eigenvalue weighted by Crippen LogP contribution is -2.44. The van der Waals surface area contributed by atoms with Gasteiger partial charge in [0.2, 0.25) is 5.91 Å². The van der Waals surface area contributed by atoms with E-state index in [4.69, 9.17) is 4.74 Å². The van der Waals surface area contributed by atoms with E-state index in [1.807, 2.05) is 66.4 Å². The quantitative estimate of drug-likeness (QED) is 0.265. The van der Waals surface area contributed by atoms with Crippen LogP contribution in [0.3, 0.4) is 0 Å². The highest BCUT2D eigenvalue weighted by atomic mass is 79.9. The van der Waals surface area contributed by atoms with Crippen LogP contribution < -0.4 is 5.32 Å². The van der Waals surface area contributed by atoms with E-state index in [2.05, 4.69) is 40.3 Å². The number of ether oxygens (including phenoxy) is 1. The maximum absolute atomic E-state index is 13.5. The number of carbonyl (C=O) groups is 2. The van der Waals surface area contributed by atoms with E-state index in [0.717, 1.165) is 14.9 Å². The molecular weight excluding hydrogens is 526 g/mol. The minimum Gasteiger partial charge on any atom is -0.382 e. The summed E-state index contributed by atoms with van der Waals surface area (Å²) in [5, 5.41) is 2.92. The number of nitrogens with one attached hydrogen (secondary N) is 1. The second-order valence-corrected chi connectivity index (χ2v) is 10.4. The number of carbonyl (C=O) groups excluding carboxylic acids is 2. The predicted molar refractivity (Wildman–Crippen MR) is 146 cm³/mol. The van der Waals surface area contributed by atoms with Crippen molar-refractivity contribution in [1.29, 1.82) is 0 Å². The Morgan fingerprint density at radius 3 is 2.49 bits per heavy atom. The normalized spacial score (nSPS) is 10.7. The summed E-state index contributed by atoms with van der Waals surface area (Å²) >= 11 is 5.12. The molecule has 186 valence electrons. The molecule has 0 aliphatic rings. The van der Waals surface area contributed by atoms with Crippen LogP contribution >= 0.6 is 27.3 Å². The number of halogens is 1. The van der Waals surface area contributed by atoms with Crippen molar-refractivity contribution in [3.8, 4) is 0 Å². The topological polar surface area (TPSA) is 61.9 Å². The molecule has 0 aliphatic carbocycles. The molecule has 0 bridgehead atoms. The number of rotatable bonds is 12. The van der Waals surface area contributed by atoms with Gasteiger partial charge in [-0.15, -0.1) is 11.3 Å². The van der Waals surface area contributed by atoms with Crippen molar-refractivity contribution in [2.24, 2.45) is 0 Å². The van der Waals surface area contributed by atoms with E-state index >= 15 is 0 Å². The monoisotopic (exact) mass is 557 g/mol. The fraction of sp³-hybridized carbons (Fsp3) is 0.333. The number of nitrogens with zero attached hydrogens (tertiary/aromatic N) is 2. The van der Waals surface area contributed by atoms with Crippen molar-refractivity contribution in [2.75, 3.05) is 31.6 Å². The number of amides is 3. The largest absolute Gasteiger partial charge is 0.382 e. The van der Waals surface area contributed by atoms with Crippen LogP contribution in [0.15, 0.2) is 71.2 Å². The number of urea groups is 1. The second kappa shape index (κ2) is 14.0. The molecule has 8 heteroatoms. The molecule has 2 aromatic carbocycles. The van der Waals surface area contributed by atoms with Gasteiger partial charge in [0, 0.05) is 46.2 Å². The molecule has 0 aliphatic heterocycles. The summed E-state index contributed by atoms with van der Waals surface area (Å²) in [4.78, 5) is 32.4. The minimum absolute atomic E-state index is 0.0108. The van der Waals surface area contributed by atoms with Crippen LogP contribution in [0.2, 0.25) is 0 Å². The third-order valence-corrected chi connectivity index (χ3v) is 6.80. The Morgan fingerprint density at radius 1 is 1.00 bits per heavy atom. The smallest absolute Gasteiger partial charge is 0.322 e. The lowest BCUT2D eigenvalue weighted by atomic mass is 10.2. The van der Waals surface area contributed by atoms with Crippen molar-refractivity contribution in [3.63, 3.8) is 0 Å². The lowest BCUT2D eigenvalue weighted by Gasteiger charge is -2.28. The van der Waals surface area contributed by atoms with Crippen LogP contribution in [-0.4, -0.2) is 48.0 Å². The summed E-state index contributed by atoms with van der Waals surface area (Å²) in [5.41, 5.74) is 1.72. The number of aryl methyl sites for hydroxylation is 1. The van der Waals surface area contributed by atoms with Gasteiger partial charge in [-0.1, -0.05) is 52.3 Å². The number of thiophene rings is 1. The van der Waals surface area contributed by atoms with Gasteiger partial charge in [0.15, 0.2) is 0 Å². The molecule has 0 spiro atoms. The van der Waals surface area contributed by atoms with E-state index in [1.165, 1.54) is 4.88 Å². The molecule has 6 nitrogen and oxygen atoms in total. The summed E-state index contributed by atoms with van der Waals surface area (Å²) in [6.07, 6.45) is 0.649. The van der Waals surface area contributed by atoms with Crippen LogP contribution in [0, 0.1) is 6.92 Å². The SMILES string of the molecule is CCOCCCN(CC(=O)N(Cc1ccccc1)Cc1ccc(C)s1)C(=O)Nc1cccc(Br)c1. The van der Waals surface area contributed by atoms with Crippen molar-refractivity contribution in [3.05, 3.63) is 86.5 Å². The fourth-order valence-electron chi connectivity index (χ4n) is 3.58. The standard InChI is InChI=1S/C27H32BrN3O3S/c1-3-34-16-8-15-30(27(33)29-24-12-7-11-23(28)17-24)20-26(32)31(18-22-9-5-4-6-10-22)19-25-14-13-21(2)35-25/h4-7,9-14,17H,3,8,15-16,18-20H2,1-2H3,(H,29,33). The zero-order chi connectivity index (χ0) is 25.0. The number of anilines is 1. The molecule has 0 saturated carbocycles. The molecule has 1 aromatic heterocycles. The van der Waals surface area contributed by atoms with E-state index < -0.39 is 0 Å². The predicted octanol–water partition coefficient (Wildman–Crippen LogP) is 6.31. The van der Waals surface area contributed by atoms with Gasteiger partial charge in [-0.2, -0.15) is 0 Å². The number of hydrogen-bond acceptors (Lipinski definition) is 4. The molecule has 0 radical (unpaired) electrons. The Hall–Kier alpha value is -2.68. The van der Waals surface area contributed by atoms with Crippen LogP contribution in [0.1, 0.15) is 28.7 Å². The molecule has 1 N–H and O–H groups in total. The van der Waals surface area contributed by atoms with Crippen LogP contribution in [-0.2, 0) is 22.6 Å². The molecule has 0 unspecified atom stereocenters. The Labute approximate surface area is 220 Å². The molecule has 0 saturated heterocycles. The van der Waals surface area contributed by atoms with Gasteiger partial charge < -0.3 is 19.9 Å². The Balaban J connectivity index is 1.74. The maximum Gasteiger partial charge on any atom is 0.322 e. The van der Waals surface area contributed by atoms with Gasteiger partial charge in [-0.25, -0.2) is 4.79 Å². The summed E-state index contributed by atoms with van der Waals surface area (Å²) in [7, 11) is 0. The summed E-state index contributed by atoms with van der Waals surface area (Å²) in [5.74, 6) is -0.0966. The average molecular weight is 559 g/mol. The van der Waals surface area contributed by atoms with Gasteiger partial charge in [0.25, 0.3) is 0 Å². The zero-order valence-electron chi connectivity index (χ0n) is 20.2. The van der Waals surface area contributed by atoms with Crippen LogP contribution in [0.5, 0.6) is 0 Å².